The van der Waals surface area contributed by atoms with Crippen LogP contribution in [0.3, 0.4) is 0 Å². The van der Waals surface area contributed by atoms with Crippen LogP contribution in [0, 0.1) is 12.3 Å². The minimum absolute atomic E-state index is 0.0104. The monoisotopic (exact) mass is 309 g/mol. The van der Waals surface area contributed by atoms with Crippen molar-refractivity contribution in [1.29, 1.82) is 0 Å². The van der Waals surface area contributed by atoms with Gasteiger partial charge in [-0.05, 0) is 30.5 Å². The first-order valence-electron chi connectivity index (χ1n) is 7.89. The van der Waals surface area contributed by atoms with Gasteiger partial charge in [0.05, 0.1) is 11.2 Å². The van der Waals surface area contributed by atoms with Gasteiger partial charge in [0, 0.05) is 19.2 Å². The van der Waals surface area contributed by atoms with Crippen LogP contribution in [0.1, 0.15) is 26.3 Å². The van der Waals surface area contributed by atoms with Gasteiger partial charge in [-0.3, -0.25) is 9.13 Å². The molecule has 0 aliphatic rings. The molecule has 0 spiro atoms. The molecule has 0 bridgehead atoms. The maximum absolute atomic E-state index is 12.6. The van der Waals surface area contributed by atoms with Crippen molar-refractivity contribution in [3.8, 4) is 11.3 Å². The normalized spacial score (nSPS) is 12.0. The van der Waals surface area contributed by atoms with Crippen LogP contribution in [0.5, 0.6) is 0 Å². The molecule has 0 amide bonds. The average molecular weight is 309 g/mol. The van der Waals surface area contributed by atoms with Gasteiger partial charge in [0.25, 0.3) is 0 Å². The van der Waals surface area contributed by atoms with Crippen molar-refractivity contribution in [2.24, 2.45) is 12.5 Å². The lowest BCUT2D eigenvalue weighted by molar-refractivity contribution is 0.342. The first-order valence-corrected chi connectivity index (χ1v) is 7.89. The van der Waals surface area contributed by atoms with Crippen LogP contribution in [0.4, 0.5) is 0 Å². The molecule has 1 aromatic carbocycles. The molecule has 0 fully saturated rings. The van der Waals surface area contributed by atoms with Gasteiger partial charge in [0.2, 0.25) is 0 Å². The first-order chi connectivity index (χ1) is 10.8. The van der Waals surface area contributed by atoms with Gasteiger partial charge in [-0.2, -0.15) is 0 Å². The summed E-state index contributed by atoms with van der Waals surface area (Å²) in [6.07, 6.45) is 0. The van der Waals surface area contributed by atoms with Crippen molar-refractivity contribution in [1.82, 2.24) is 14.1 Å². The molecule has 3 rings (SSSR count). The largest absolute Gasteiger partial charge is 0.330 e. The molecule has 0 unspecified atom stereocenters. The molecule has 2 aromatic heterocycles. The zero-order valence-corrected chi connectivity index (χ0v) is 14.4. The summed E-state index contributed by atoms with van der Waals surface area (Å²) in [5.41, 5.74) is 4.81. The number of rotatable bonds is 2. The average Bonchev–Trinajstić information content (AvgIpc) is 2.71. The Morgan fingerprint density at radius 2 is 1.87 bits per heavy atom. The third kappa shape index (κ3) is 2.93. The summed E-state index contributed by atoms with van der Waals surface area (Å²) >= 11 is 0. The van der Waals surface area contributed by atoms with Gasteiger partial charge in [-0.25, -0.2) is 9.78 Å². The quantitative estimate of drug-likeness (QED) is 0.723. The van der Waals surface area contributed by atoms with Crippen molar-refractivity contribution in [2.45, 2.75) is 34.2 Å². The van der Waals surface area contributed by atoms with E-state index in [-0.39, 0.29) is 11.1 Å². The molecule has 23 heavy (non-hydrogen) atoms. The predicted molar refractivity (Wildman–Crippen MR) is 94.6 cm³/mol. The van der Waals surface area contributed by atoms with E-state index in [1.54, 1.807) is 11.6 Å². The molecule has 4 nitrogen and oxygen atoms in total. The lowest BCUT2D eigenvalue weighted by atomic mass is 9.97. The number of hydrogen-bond donors (Lipinski definition) is 0. The summed E-state index contributed by atoms with van der Waals surface area (Å²) in [6, 6.07) is 12.3. The van der Waals surface area contributed by atoms with Gasteiger partial charge in [-0.15, -0.1) is 0 Å². The zero-order valence-electron chi connectivity index (χ0n) is 14.4. The number of nitrogens with zero attached hydrogens (tertiary/aromatic N) is 3. The smallest absolute Gasteiger partial charge is 0.290 e. The molecule has 120 valence electrons. The lowest BCUT2D eigenvalue weighted by Gasteiger charge is -2.18. The van der Waals surface area contributed by atoms with E-state index in [1.807, 2.05) is 28.8 Å². The Bertz CT molecular complexity index is 926. The molecule has 0 aliphatic carbocycles. The minimum Gasteiger partial charge on any atom is -0.290 e. The summed E-state index contributed by atoms with van der Waals surface area (Å²) in [6.45, 7) is 9.14. The Balaban J connectivity index is 2.18. The highest BCUT2D eigenvalue weighted by atomic mass is 16.1. The maximum atomic E-state index is 12.6. The number of aryl methyl sites for hydroxylation is 2. The van der Waals surface area contributed by atoms with Crippen LogP contribution in [-0.2, 0) is 13.6 Å². The fourth-order valence-corrected chi connectivity index (χ4v) is 2.87. The second-order valence-electron chi connectivity index (χ2n) is 7.40. The highest BCUT2D eigenvalue weighted by Gasteiger charge is 2.18. The molecule has 3 aromatic rings. The topological polar surface area (TPSA) is 39.8 Å². The molecule has 0 atom stereocenters. The standard InChI is InChI=1S/C19H23N3O/c1-13-7-6-8-14(11-13)15-9-10-16-17(20-15)21(5)18(23)22(16)12-19(2,3)4/h6-11H,12H2,1-5H3. The van der Waals surface area contributed by atoms with Gasteiger partial charge in [0.15, 0.2) is 5.65 Å². The van der Waals surface area contributed by atoms with Crippen LogP contribution >= 0.6 is 0 Å². The summed E-state index contributed by atoms with van der Waals surface area (Å²) < 4.78 is 3.46. The van der Waals surface area contributed by atoms with E-state index in [0.29, 0.717) is 6.54 Å². The van der Waals surface area contributed by atoms with Gasteiger partial charge in [-0.1, -0.05) is 44.5 Å². The van der Waals surface area contributed by atoms with Crippen molar-refractivity contribution < 1.29 is 0 Å². The molecule has 2 heterocycles. The van der Waals surface area contributed by atoms with Crippen molar-refractivity contribution in [2.75, 3.05) is 0 Å². The summed E-state index contributed by atoms with van der Waals surface area (Å²) in [7, 11) is 1.79. The van der Waals surface area contributed by atoms with E-state index >= 15 is 0 Å². The van der Waals surface area contributed by atoms with Crippen molar-refractivity contribution in [3.05, 3.63) is 52.4 Å². The maximum Gasteiger partial charge on any atom is 0.330 e. The molecule has 0 N–H and O–H groups in total. The zero-order chi connectivity index (χ0) is 16.8. The number of pyridine rings is 1. The van der Waals surface area contributed by atoms with E-state index in [2.05, 4.69) is 39.8 Å². The summed E-state index contributed by atoms with van der Waals surface area (Å²) in [5, 5.41) is 0. The Hall–Kier alpha value is -2.36. The molecular formula is C19H23N3O. The van der Waals surface area contributed by atoms with Crippen LogP contribution < -0.4 is 5.69 Å². The van der Waals surface area contributed by atoms with Crippen LogP contribution in [0.2, 0.25) is 0 Å². The number of imidazole rings is 1. The molecule has 4 heteroatoms. The SMILES string of the molecule is Cc1cccc(-c2ccc3c(n2)n(C)c(=O)n3CC(C)(C)C)c1. The number of aromatic nitrogens is 3. The van der Waals surface area contributed by atoms with Gasteiger partial charge < -0.3 is 0 Å². The fourth-order valence-electron chi connectivity index (χ4n) is 2.87. The first kappa shape index (κ1) is 15.5. The lowest BCUT2D eigenvalue weighted by Crippen LogP contribution is -2.27. The van der Waals surface area contributed by atoms with Crippen LogP contribution in [0.15, 0.2) is 41.2 Å². The Morgan fingerprint density at radius 3 is 2.52 bits per heavy atom. The van der Waals surface area contributed by atoms with Gasteiger partial charge >= 0.3 is 5.69 Å². The van der Waals surface area contributed by atoms with Crippen LogP contribution in [-0.4, -0.2) is 14.1 Å². The molecule has 0 radical (unpaired) electrons. The van der Waals surface area contributed by atoms with E-state index in [4.69, 9.17) is 4.98 Å². The molecule has 0 aliphatic heterocycles. The molecule has 0 saturated heterocycles. The molecular weight excluding hydrogens is 286 g/mol. The fraction of sp³-hybridized carbons (Fsp3) is 0.368. The van der Waals surface area contributed by atoms with E-state index in [0.717, 1.165) is 22.4 Å². The highest BCUT2D eigenvalue weighted by Crippen LogP contribution is 2.23. The Labute approximate surface area is 136 Å². The summed E-state index contributed by atoms with van der Waals surface area (Å²) in [5.74, 6) is 0. The Kier molecular flexibility index (Phi) is 3.63. The highest BCUT2D eigenvalue weighted by molar-refractivity contribution is 5.76. The summed E-state index contributed by atoms with van der Waals surface area (Å²) in [4.78, 5) is 17.3. The third-order valence-electron chi connectivity index (χ3n) is 3.93. The second-order valence-corrected chi connectivity index (χ2v) is 7.40. The number of fused-ring (bicyclic) bond motifs is 1. The van der Waals surface area contributed by atoms with E-state index < -0.39 is 0 Å². The van der Waals surface area contributed by atoms with E-state index in [1.165, 1.54) is 5.56 Å². The molecule has 0 saturated carbocycles. The number of hydrogen-bond acceptors (Lipinski definition) is 2. The van der Waals surface area contributed by atoms with E-state index in [9.17, 15) is 4.79 Å². The second kappa shape index (κ2) is 5.37. The Morgan fingerprint density at radius 1 is 1.13 bits per heavy atom. The van der Waals surface area contributed by atoms with Crippen LogP contribution in [0.25, 0.3) is 22.4 Å². The van der Waals surface area contributed by atoms with Gasteiger partial charge in [0.1, 0.15) is 0 Å². The third-order valence-corrected chi connectivity index (χ3v) is 3.93. The predicted octanol–water partition coefficient (Wildman–Crippen LogP) is 3.76. The number of benzene rings is 1. The van der Waals surface area contributed by atoms with Crippen molar-refractivity contribution >= 4 is 11.2 Å². The van der Waals surface area contributed by atoms with Crippen molar-refractivity contribution in [3.63, 3.8) is 0 Å². The minimum atomic E-state index is -0.0104.